The molecule has 0 saturated carbocycles. The Morgan fingerprint density at radius 3 is 2.15 bits per heavy atom. The van der Waals surface area contributed by atoms with Crippen LogP contribution in [0.15, 0.2) is 42.5 Å². The summed E-state index contributed by atoms with van der Waals surface area (Å²) in [6.07, 6.45) is 0. The van der Waals surface area contributed by atoms with E-state index in [-0.39, 0.29) is 11.4 Å². The van der Waals surface area contributed by atoms with E-state index in [0.717, 1.165) is 12.1 Å². The summed E-state index contributed by atoms with van der Waals surface area (Å²) in [4.78, 5) is 24.2. The van der Waals surface area contributed by atoms with Gasteiger partial charge in [-0.15, -0.1) is 0 Å². The molecule has 0 aliphatic carbocycles. The van der Waals surface area contributed by atoms with Gasteiger partial charge in [-0.1, -0.05) is 6.07 Å². The zero-order chi connectivity index (χ0) is 20.2. The molecular weight excluding hydrogens is 352 g/mol. The number of halogens is 2. The highest BCUT2D eigenvalue weighted by molar-refractivity contribution is 5.96. The van der Waals surface area contributed by atoms with Crippen molar-refractivity contribution < 1.29 is 18.4 Å². The number of carbonyl (C=O) groups excluding carboxylic acids is 2. The fraction of sp³-hybridized carbons (Fsp3) is 0.300. The van der Waals surface area contributed by atoms with Crippen molar-refractivity contribution in [2.75, 3.05) is 5.32 Å². The van der Waals surface area contributed by atoms with Crippen LogP contribution in [-0.4, -0.2) is 17.5 Å². The van der Waals surface area contributed by atoms with Gasteiger partial charge in [-0.25, -0.2) is 13.6 Å². The van der Waals surface area contributed by atoms with Crippen molar-refractivity contribution in [2.24, 2.45) is 0 Å². The van der Waals surface area contributed by atoms with E-state index in [0.29, 0.717) is 16.8 Å². The summed E-state index contributed by atoms with van der Waals surface area (Å²) in [5.41, 5.74) is 1.07. The molecule has 0 unspecified atom stereocenters. The van der Waals surface area contributed by atoms with E-state index in [1.807, 2.05) is 20.8 Å². The number of hydrogen-bond donors (Lipinski definition) is 3. The predicted molar refractivity (Wildman–Crippen MR) is 101 cm³/mol. The Bertz CT molecular complexity index is 830. The second-order valence-electron chi connectivity index (χ2n) is 7.28. The normalized spacial score (nSPS) is 12.2. The van der Waals surface area contributed by atoms with E-state index in [1.165, 1.54) is 6.07 Å². The molecule has 7 heteroatoms. The average Bonchev–Trinajstić information content (AvgIpc) is 2.56. The third-order valence-corrected chi connectivity index (χ3v) is 3.68. The number of carbonyl (C=O) groups is 2. The Kier molecular flexibility index (Phi) is 6.15. The molecule has 0 aliphatic heterocycles. The average molecular weight is 375 g/mol. The Hall–Kier alpha value is -2.96. The molecule has 2 aromatic carbocycles. The molecule has 3 N–H and O–H groups in total. The molecule has 2 aromatic rings. The smallest absolute Gasteiger partial charge is 0.319 e. The van der Waals surface area contributed by atoms with Gasteiger partial charge in [0, 0.05) is 16.8 Å². The minimum atomic E-state index is -0.967. The van der Waals surface area contributed by atoms with Gasteiger partial charge in [0.1, 0.15) is 0 Å². The van der Waals surface area contributed by atoms with E-state index in [2.05, 4.69) is 16.0 Å². The van der Waals surface area contributed by atoms with Crippen molar-refractivity contribution in [1.29, 1.82) is 0 Å². The lowest BCUT2D eigenvalue weighted by molar-refractivity contribution is 0.0919. The van der Waals surface area contributed by atoms with Gasteiger partial charge >= 0.3 is 6.03 Å². The highest BCUT2D eigenvalue weighted by Crippen LogP contribution is 2.16. The summed E-state index contributed by atoms with van der Waals surface area (Å²) in [6.45, 7) is 7.32. The van der Waals surface area contributed by atoms with Crippen LogP contribution in [0.3, 0.4) is 0 Å². The van der Waals surface area contributed by atoms with E-state index < -0.39 is 23.7 Å². The first-order valence-electron chi connectivity index (χ1n) is 8.50. The summed E-state index contributed by atoms with van der Waals surface area (Å²) in [6, 6.07) is 8.89. The summed E-state index contributed by atoms with van der Waals surface area (Å²) in [5, 5.41) is 8.13. The Balaban J connectivity index is 1.95. The second kappa shape index (κ2) is 8.16. The highest BCUT2D eigenvalue weighted by atomic mass is 19.2. The van der Waals surface area contributed by atoms with Crippen molar-refractivity contribution in [1.82, 2.24) is 10.6 Å². The molecule has 3 amide bonds. The van der Waals surface area contributed by atoms with Gasteiger partial charge in [-0.05, 0) is 69.7 Å². The van der Waals surface area contributed by atoms with Gasteiger partial charge in [0.05, 0.1) is 6.04 Å². The fourth-order valence-corrected chi connectivity index (χ4v) is 2.35. The van der Waals surface area contributed by atoms with E-state index in [9.17, 15) is 18.4 Å². The van der Waals surface area contributed by atoms with Crippen molar-refractivity contribution >= 4 is 17.6 Å². The van der Waals surface area contributed by atoms with Crippen LogP contribution in [0, 0.1) is 11.6 Å². The molecule has 0 radical (unpaired) electrons. The number of amides is 3. The lowest BCUT2D eigenvalue weighted by Gasteiger charge is -2.20. The van der Waals surface area contributed by atoms with Crippen LogP contribution < -0.4 is 16.0 Å². The minimum absolute atomic E-state index is 0.203. The van der Waals surface area contributed by atoms with Crippen LogP contribution in [0.25, 0.3) is 0 Å². The molecule has 0 saturated heterocycles. The van der Waals surface area contributed by atoms with Gasteiger partial charge in [0.15, 0.2) is 11.6 Å². The minimum Gasteiger partial charge on any atom is -0.347 e. The van der Waals surface area contributed by atoms with Crippen LogP contribution in [0.5, 0.6) is 0 Å². The SMILES string of the molecule is C[C@H](NC(=O)Nc1ccc(C(=O)NC(C)(C)C)cc1)c1ccc(F)c(F)c1. The number of benzene rings is 2. The zero-order valence-electron chi connectivity index (χ0n) is 15.7. The van der Waals surface area contributed by atoms with Crippen LogP contribution in [0.1, 0.15) is 49.7 Å². The predicted octanol–water partition coefficient (Wildman–Crippen LogP) is 4.38. The topological polar surface area (TPSA) is 70.2 Å². The summed E-state index contributed by atoms with van der Waals surface area (Å²) < 4.78 is 26.3. The standard InChI is InChI=1S/C20H23F2N3O2/c1-12(14-7-10-16(21)17(22)11-14)23-19(27)24-15-8-5-13(6-9-15)18(26)25-20(2,3)4/h5-12H,1-4H3,(H,25,26)(H2,23,24,27)/t12-/m0/s1. The molecule has 2 rings (SSSR count). The van der Waals surface area contributed by atoms with E-state index >= 15 is 0 Å². The van der Waals surface area contributed by atoms with Crippen molar-refractivity contribution in [2.45, 2.75) is 39.3 Å². The Labute approximate surface area is 157 Å². The van der Waals surface area contributed by atoms with E-state index in [4.69, 9.17) is 0 Å². The van der Waals surface area contributed by atoms with Crippen LogP contribution in [-0.2, 0) is 0 Å². The lowest BCUT2D eigenvalue weighted by atomic mass is 10.1. The molecule has 27 heavy (non-hydrogen) atoms. The molecular formula is C20H23F2N3O2. The van der Waals surface area contributed by atoms with Crippen molar-refractivity contribution in [3.63, 3.8) is 0 Å². The maximum atomic E-state index is 13.3. The van der Waals surface area contributed by atoms with Gasteiger partial charge in [-0.3, -0.25) is 4.79 Å². The van der Waals surface area contributed by atoms with Crippen LogP contribution >= 0.6 is 0 Å². The summed E-state index contributed by atoms with van der Waals surface area (Å²) >= 11 is 0. The third-order valence-electron chi connectivity index (χ3n) is 3.68. The highest BCUT2D eigenvalue weighted by Gasteiger charge is 2.16. The zero-order valence-corrected chi connectivity index (χ0v) is 15.7. The monoisotopic (exact) mass is 375 g/mol. The Morgan fingerprint density at radius 2 is 1.59 bits per heavy atom. The van der Waals surface area contributed by atoms with Gasteiger partial charge in [0.25, 0.3) is 5.91 Å². The fourth-order valence-electron chi connectivity index (χ4n) is 2.35. The molecule has 0 bridgehead atoms. The largest absolute Gasteiger partial charge is 0.347 e. The lowest BCUT2D eigenvalue weighted by Crippen LogP contribution is -2.40. The summed E-state index contributed by atoms with van der Waals surface area (Å²) in [7, 11) is 0. The van der Waals surface area contributed by atoms with Crippen molar-refractivity contribution in [3.05, 3.63) is 65.2 Å². The first-order valence-corrected chi connectivity index (χ1v) is 8.50. The summed E-state index contributed by atoms with van der Waals surface area (Å²) in [5.74, 6) is -2.11. The quantitative estimate of drug-likeness (QED) is 0.742. The van der Waals surface area contributed by atoms with Crippen LogP contribution in [0.2, 0.25) is 0 Å². The van der Waals surface area contributed by atoms with Gasteiger partial charge in [-0.2, -0.15) is 0 Å². The number of anilines is 1. The molecule has 5 nitrogen and oxygen atoms in total. The first kappa shape index (κ1) is 20.4. The molecule has 0 spiro atoms. The molecule has 0 fully saturated rings. The third kappa shape index (κ3) is 6.06. The maximum absolute atomic E-state index is 13.3. The molecule has 0 heterocycles. The molecule has 0 aromatic heterocycles. The number of hydrogen-bond acceptors (Lipinski definition) is 2. The Morgan fingerprint density at radius 1 is 0.963 bits per heavy atom. The van der Waals surface area contributed by atoms with E-state index in [1.54, 1.807) is 31.2 Å². The first-order chi connectivity index (χ1) is 12.5. The molecule has 0 aliphatic rings. The number of urea groups is 1. The maximum Gasteiger partial charge on any atom is 0.319 e. The van der Waals surface area contributed by atoms with Crippen LogP contribution in [0.4, 0.5) is 19.3 Å². The molecule has 144 valence electrons. The van der Waals surface area contributed by atoms with Gasteiger partial charge in [0.2, 0.25) is 0 Å². The van der Waals surface area contributed by atoms with Crippen molar-refractivity contribution in [3.8, 4) is 0 Å². The second-order valence-corrected chi connectivity index (χ2v) is 7.28. The number of rotatable bonds is 4. The molecule has 1 atom stereocenters. The number of nitrogens with one attached hydrogen (secondary N) is 3. The van der Waals surface area contributed by atoms with Gasteiger partial charge < -0.3 is 16.0 Å².